The van der Waals surface area contributed by atoms with Crippen LogP contribution in [0.1, 0.15) is 40.5 Å². The van der Waals surface area contributed by atoms with E-state index in [1.165, 1.54) is 0 Å². The molecule has 7 nitrogen and oxygen atoms in total. The Morgan fingerprint density at radius 3 is 2.46 bits per heavy atom. The maximum Gasteiger partial charge on any atom is 0.231 e. The lowest BCUT2D eigenvalue weighted by atomic mass is 10.1. The molecule has 0 spiro atoms. The van der Waals surface area contributed by atoms with E-state index in [1.54, 1.807) is 0 Å². The highest BCUT2D eigenvalue weighted by molar-refractivity contribution is 7.86. The Bertz CT molecular complexity index is 454. The summed E-state index contributed by atoms with van der Waals surface area (Å²) < 4.78 is 11.9. The molecule has 0 aliphatic carbocycles. The van der Waals surface area contributed by atoms with E-state index >= 15 is 0 Å². The first-order chi connectivity index (χ1) is 11.2. The van der Waals surface area contributed by atoms with Crippen LogP contribution < -0.4 is 16.4 Å². The first-order valence-corrected chi connectivity index (χ1v) is 9.98. The highest BCUT2D eigenvalue weighted by atomic mass is 32.2. The Labute approximate surface area is 148 Å². The molecule has 8 heteroatoms. The third-order valence-corrected chi connectivity index (χ3v) is 5.80. The van der Waals surface area contributed by atoms with Gasteiger partial charge < -0.3 is 16.4 Å². The lowest BCUT2D eigenvalue weighted by Crippen LogP contribution is -2.50. The summed E-state index contributed by atoms with van der Waals surface area (Å²) in [7, 11) is -0.888. The summed E-state index contributed by atoms with van der Waals surface area (Å²) in [6.45, 7) is 11.3. The second-order valence-electron chi connectivity index (χ2n) is 7.08. The van der Waals surface area contributed by atoms with Crippen molar-refractivity contribution in [3.05, 3.63) is 0 Å². The molecule has 1 atom stereocenters. The summed E-state index contributed by atoms with van der Waals surface area (Å²) in [5.74, 6) is 1.07. The van der Waals surface area contributed by atoms with E-state index in [4.69, 9.17) is 5.73 Å². The predicted molar refractivity (Wildman–Crippen MR) is 101 cm³/mol. The molecule has 0 aromatic carbocycles. The molecule has 140 valence electrons. The SMILES string of the molecule is CCNC(=NCCS(=O)C(C)(C)C)NC1CCN(CC(N)=O)CC1. The fourth-order valence-corrected chi connectivity index (χ4v) is 3.39. The van der Waals surface area contributed by atoms with Crippen molar-refractivity contribution in [2.45, 2.75) is 51.3 Å². The number of aliphatic imine (C=N–C) groups is 1. The van der Waals surface area contributed by atoms with Crippen molar-refractivity contribution < 1.29 is 9.00 Å². The molecular weight excluding hydrogens is 326 g/mol. The standard InChI is InChI=1S/C16H33N5O2S/c1-5-18-15(19-8-11-24(23)16(2,3)4)20-13-6-9-21(10-7-13)12-14(17)22/h13H,5-12H2,1-4H3,(H2,17,22)(H2,18,19,20). The highest BCUT2D eigenvalue weighted by Gasteiger charge is 2.21. The van der Waals surface area contributed by atoms with Gasteiger partial charge in [-0.3, -0.25) is 18.9 Å². The third-order valence-electron chi connectivity index (χ3n) is 3.88. The van der Waals surface area contributed by atoms with Gasteiger partial charge in [0.2, 0.25) is 5.91 Å². The number of nitrogens with one attached hydrogen (secondary N) is 2. The van der Waals surface area contributed by atoms with Crippen molar-refractivity contribution >= 4 is 22.7 Å². The molecule has 1 rings (SSSR count). The summed E-state index contributed by atoms with van der Waals surface area (Å²) in [5, 5.41) is 6.68. The van der Waals surface area contributed by atoms with E-state index in [0.717, 1.165) is 38.4 Å². The molecule has 1 aliphatic rings. The number of amides is 1. The summed E-state index contributed by atoms with van der Waals surface area (Å²) in [6.07, 6.45) is 1.90. The molecule has 0 radical (unpaired) electrons. The van der Waals surface area contributed by atoms with Crippen LogP contribution in [0, 0.1) is 0 Å². The molecule has 1 unspecified atom stereocenters. The van der Waals surface area contributed by atoms with Gasteiger partial charge >= 0.3 is 0 Å². The summed E-state index contributed by atoms with van der Waals surface area (Å²) in [5.41, 5.74) is 5.24. The van der Waals surface area contributed by atoms with Gasteiger partial charge in [-0.2, -0.15) is 0 Å². The number of guanidine groups is 1. The van der Waals surface area contributed by atoms with Crippen LogP contribution in [0.3, 0.4) is 0 Å². The van der Waals surface area contributed by atoms with Crippen molar-refractivity contribution in [2.24, 2.45) is 10.7 Å². The molecule has 1 aliphatic heterocycles. The van der Waals surface area contributed by atoms with E-state index < -0.39 is 10.8 Å². The van der Waals surface area contributed by atoms with E-state index in [0.29, 0.717) is 24.9 Å². The van der Waals surface area contributed by atoms with E-state index in [2.05, 4.69) is 20.5 Å². The molecule has 0 aromatic rings. The second-order valence-corrected chi connectivity index (χ2v) is 9.41. The van der Waals surface area contributed by atoms with E-state index in [-0.39, 0.29) is 10.7 Å². The molecule has 0 bridgehead atoms. The average molecular weight is 360 g/mol. The number of primary amides is 1. The second kappa shape index (κ2) is 9.98. The third kappa shape index (κ3) is 8.10. The Kier molecular flexibility index (Phi) is 8.69. The zero-order chi connectivity index (χ0) is 18.2. The molecule has 0 saturated carbocycles. The molecule has 1 saturated heterocycles. The Hall–Kier alpha value is -1.15. The van der Waals surface area contributed by atoms with Gasteiger partial charge in [0.15, 0.2) is 5.96 Å². The van der Waals surface area contributed by atoms with Crippen molar-refractivity contribution in [1.29, 1.82) is 0 Å². The van der Waals surface area contributed by atoms with Crippen LogP contribution in [-0.2, 0) is 15.6 Å². The average Bonchev–Trinajstić information content (AvgIpc) is 2.47. The number of carbonyl (C=O) groups is 1. The van der Waals surface area contributed by atoms with Crippen LogP contribution in [0.2, 0.25) is 0 Å². The van der Waals surface area contributed by atoms with Gasteiger partial charge in [0.25, 0.3) is 0 Å². The number of piperidine rings is 1. The minimum absolute atomic E-state index is 0.200. The number of rotatable bonds is 7. The predicted octanol–water partition coefficient (Wildman–Crippen LogP) is 0.0384. The fourth-order valence-electron chi connectivity index (χ4n) is 2.52. The van der Waals surface area contributed by atoms with E-state index in [1.807, 2.05) is 27.7 Å². The minimum Gasteiger partial charge on any atom is -0.369 e. The molecular formula is C16H33N5O2S. The van der Waals surface area contributed by atoms with E-state index in [9.17, 15) is 9.00 Å². The number of nitrogens with two attached hydrogens (primary N) is 1. The Balaban J connectivity index is 2.44. The van der Waals surface area contributed by atoms with Crippen LogP contribution >= 0.6 is 0 Å². The summed E-state index contributed by atoms with van der Waals surface area (Å²) in [6, 6.07) is 0.333. The van der Waals surface area contributed by atoms with Crippen LogP contribution in [-0.4, -0.2) is 70.2 Å². The normalized spacial score (nSPS) is 19.1. The van der Waals surface area contributed by atoms with Gasteiger partial charge in [-0.1, -0.05) is 0 Å². The maximum absolute atomic E-state index is 12.1. The lowest BCUT2D eigenvalue weighted by Gasteiger charge is -2.32. The fraction of sp³-hybridized carbons (Fsp3) is 0.875. The maximum atomic E-state index is 12.1. The van der Waals surface area contributed by atoms with Crippen LogP contribution in [0.4, 0.5) is 0 Å². The first kappa shape index (κ1) is 20.9. The topological polar surface area (TPSA) is 99.8 Å². The van der Waals surface area contributed by atoms with Gasteiger partial charge in [-0.05, 0) is 40.5 Å². The van der Waals surface area contributed by atoms with Gasteiger partial charge in [0.05, 0.1) is 13.1 Å². The Morgan fingerprint density at radius 1 is 1.33 bits per heavy atom. The largest absolute Gasteiger partial charge is 0.369 e. The van der Waals surface area contributed by atoms with Crippen LogP contribution in [0.5, 0.6) is 0 Å². The van der Waals surface area contributed by atoms with Gasteiger partial charge in [0.1, 0.15) is 0 Å². The lowest BCUT2D eigenvalue weighted by molar-refractivity contribution is -0.119. The van der Waals surface area contributed by atoms with Crippen LogP contribution in [0.15, 0.2) is 4.99 Å². The van der Waals surface area contributed by atoms with Gasteiger partial charge in [0, 0.05) is 47.0 Å². The number of likely N-dealkylation sites (tertiary alicyclic amines) is 1. The molecule has 0 aromatic heterocycles. The zero-order valence-electron chi connectivity index (χ0n) is 15.4. The summed E-state index contributed by atoms with van der Waals surface area (Å²) in [4.78, 5) is 17.6. The summed E-state index contributed by atoms with van der Waals surface area (Å²) >= 11 is 0. The number of nitrogens with zero attached hydrogens (tertiary/aromatic N) is 2. The molecule has 24 heavy (non-hydrogen) atoms. The monoisotopic (exact) mass is 359 g/mol. The van der Waals surface area contributed by atoms with Crippen molar-refractivity contribution in [2.75, 3.05) is 38.5 Å². The molecule has 4 N–H and O–H groups in total. The molecule has 1 amide bonds. The Morgan fingerprint density at radius 2 is 1.96 bits per heavy atom. The molecule has 1 fully saturated rings. The molecule has 1 heterocycles. The zero-order valence-corrected chi connectivity index (χ0v) is 16.2. The quantitative estimate of drug-likeness (QED) is 0.440. The number of carbonyl (C=O) groups excluding carboxylic acids is 1. The number of hydrogen-bond donors (Lipinski definition) is 3. The van der Waals surface area contributed by atoms with Crippen molar-refractivity contribution in [3.8, 4) is 0 Å². The number of hydrogen-bond acceptors (Lipinski definition) is 4. The highest BCUT2D eigenvalue weighted by Crippen LogP contribution is 2.11. The van der Waals surface area contributed by atoms with Gasteiger partial charge in [-0.15, -0.1) is 0 Å². The van der Waals surface area contributed by atoms with Gasteiger partial charge in [-0.25, -0.2) is 0 Å². The van der Waals surface area contributed by atoms with Crippen molar-refractivity contribution in [3.63, 3.8) is 0 Å². The van der Waals surface area contributed by atoms with Crippen LogP contribution in [0.25, 0.3) is 0 Å². The minimum atomic E-state index is -0.888. The smallest absolute Gasteiger partial charge is 0.231 e. The first-order valence-electron chi connectivity index (χ1n) is 8.66. The van der Waals surface area contributed by atoms with Crippen molar-refractivity contribution in [1.82, 2.24) is 15.5 Å².